The van der Waals surface area contributed by atoms with Crippen molar-refractivity contribution in [3.8, 4) is 11.3 Å². The Balaban J connectivity index is 1.74. The maximum atomic E-state index is 13.3. The van der Waals surface area contributed by atoms with E-state index in [1.165, 1.54) is 6.39 Å². The molecule has 2 N–H and O–H groups in total. The number of rotatable bonds is 11. The third-order valence-corrected chi connectivity index (χ3v) is 5.59. The monoisotopic (exact) mass is 499 g/mol. The summed E-state index contributed by atoms with van der Waals surface area (Å²) in [6.45, 7) is 0.431. The summed E-state index contributed by atoms with van der Waals surface area (Å²) in [5.74, 6) is 0.241. The number of para-hydroxylation sites is 1. The number of hydroxylamine groups is 1. The van der Waals surface area contributed by atoms with Crippen LogP contribution in [0, 0.1) is 0 Å². The molecule has 3 aromatic rings. The van der Waals surface area contributed by atoms with Crippen LogP contribution in [-0.4, -0.2) is 22.0 Å². The van der Waals surface area contributed by atoms with Gasteiger partial charge in [-0.25, -0.2) is 10.5 Å². The second-order valence-electron chi connectivity index (χ2n) is 7.44. The molecule has 0 radical (unpaired) electrons. The highest BCUT2D eigenvalue weighted by Gasteiger charge is 2.21. The molecule has 0 bridgehead atoms. The summed E-state index contributed by atoms with van der Waals surface area (Å²) in [7, 11) is 0. The third kappa shape index (κ3) is 6.77. The summed E-state index contributed by atoms with van der Waals surface area (Å²) in [6, 6.07) is 15.6. The molecule has 0 saturated heterocycles. The zero-order valence-electron chi connectivity index (χ0n) is 17.7. The molecule has 8 heteroatoms. The molecule has 0 aliphatic rings. The van der Waals surface area contributed by atoms with Crippen molar-refractivity contribution in [1.82, 2.24) is 10.5 Å². The Morgan fingerprint density at radius 3 is 2.53 bits per heavy atom. The Bertz CT molecular complexity index is 1020. The maximum Gasteiger partial charge on any atom is 0.243 e. The van der Waals surface area contributed by atoms with E-state index in [-0.39, 0.29) is 18.2 Å². The van der Waals surface area contributed by atoms with Gasteiger partial charge in [0, 0.05) is 22.9 Å². The second-order valence-corrected chi connectivity index (χ2v) is 8.36. The molecule has 3 rings (SSSR count). The van der Waals surface area contributed by atoms with Crippen LogP contribution >= 0.6 is 15.9 Å². The van der Waals surface area contributed by atoms with Gasteiger partial charge in [0.25, 0.3) is 0 Å². The average Bonchev–Trinajstić information content (AvgIpc) is 3.34. The first-order chi connectivity index (χ1) is 15.6. The lowest BCUT2D eigenvalue weighted by Gasteiger charge is -2.25. The first kappa shape index (κ1) is 23.7. The van der Waals surface area contributed by atoms with Crippen molar-refractivity contribution >= 4 is 33.4 Å². The van der Waals surface area contributed by atoms with Gasteiger partial charge in [0.05, 0.1) is 18.4 Å². The fraction of sp³-hybridized carbons (Fsp3) is 0.292. The molecule has 2 amide bonds. The van der Waals surface area contributed by atoms with Crippen molar-refractivity contribution in [1.29, 1.82) is 0 Å². The van der Waals surface area contributed by atoms with Crippen LogP contribution in [0.4, 0.5) is 5.69 Å². The Morgan fingerprint density at radius 1 is 1.03 bits per heavy atom. The van der Waals surface area contributed by atoms with Gasteiger partial charge < -0.3 is 9.32 Å². The predicted molar refractivity (Wildman–Crippen MR) is 125 cm³/mol. The normalized spacial score (nSPS) is 10.7. The predicted octanol–water partition coefficient (Wildman–Crippen LogP) is 5.48. The van der Waals surface area contributed by atoms with Crippen LogP contribution in [0.5, 0.6) is 0 Å². The average molecular weight is 500 g/mol. The lowest BCUT2D eigenvalue weighted by atomic mass is 10.1. The minimum Gasteiger partial charge on any atom is -0.443 e. The Labute approximate surface area is 195 Å². The molecular formula is C24H26BrN3O4. The molecule has 1 heterocycles. The van der Waals surface area contributed by atoms with E-state index in [9.17, 15) is 9.59 Å². The van der Waals surface area contributed by atoms with Crippen molar-refractivity contribution in [3.63, 3.8) is 0 Å². The molecule has 2 aromatic carbocycles. The van der Waals surface area contributed by atoms with E-state index in [2.05, 4.69) is 20.9 Å². The first-order valence-electron chi connectivity index (χ1n) is 10.5. The molecule has 0 atom stereocenters. The number of oxazole rings is 1. The quantitative estimate of drug-likeness (QED) is 0.206. The van der Waals surface area contributed by atoms with Gasteiger partial charge in [-0.1, -0.05) is 53.0 Å². The third-order valence-electron chi connectivity index (χ3n) is 5.09. The highest BCUT2D eigenvalue weighted by molar-refractivity contribution is 9.10. The Morgan fingerprint density at radius 2 is 1.81 bits per heavy atom. The molecule has 7 nitrogen and oxygen atoms in total. The SMILES string of the molecule is O=C(CCCCCCC(=O)N(Cc1cccc(Br)c1)c1ccccc1-c1cnco1)NO. The number of nitrogens with one attached hydrogen (secondary N) is 1. The van der Waals surface area contributed by atoms with E-state index >= 15 is 0 Å². The van der Waals surface area contributed by atoms with E-state index in [1.54, 1.807) is 16.6 Å². The van der Waals surface area contributed by atoms with Gasteiger partial charge in [-0.05, 0) is 42.7 Å². The topological polar surface area (TPSA) is 95.7 Å². The molecule has 0 aliphatic carbocycles. The van der Waals surface area contributed by atoms with Crippen molar-refractivity contribution in [2.75, 3.05) is 4.90 Å². The summed E-state index contributed by atoms with van der Waals surface area (Å²) in [5.41, 5.74) is 4.23. The van der Waals surface area contributed by atoms with Crippen LogP contribution in [0.1, 0.15) is 44.1 Å². The zero-order valence-corrected chi connectivity index (χ0v) is 19.3. The summed E-state index contributed by atoms with van der Waals surface area (Å²) in [4.78, 5) is 30.2. The molecule has 168 valence electrons. The van der Waals surface area contributed by atoms with E-state index in [0.29, 0.717) is 25.1 Å². The second kappa shape index (κ2) is 12.2. The first-order valence-corrected chi connectivity index (χ1v) is 11.3. The molecule has 0 fully saturated rings. The molecule has 0 unspecified atom stereocenters. The van der Waals surface area contributed by atoms with Crippen molar-refractivity contribution in [2.24, 2.45) is 0 Å². The molecule has 0 saturated carbocycles. The number of aromatic nitrogens is 1. The van der Waals surface area contributed by atoms with Gasteiger partial charge in [0.2, 0.25) is 11.8 Å². The van der Waals surface area contributed by atoms with Gasteiger partial charge in [0.1, 0.15) is 0 Å². The fourth-order valence-electron chi connectivity index (χ4n) is 3.50. The number of benzene rings is 2. The summed E-state index contributed by atoms with van der Waals surface area (Å²) in [6.07, 6.45) is 6.75. The molecule has 1 aromatic heterocycles. The van der Waals surface area contributed by atoms with Gasteiger partial charge in [0.15, 0.2) is 12.2 Å². The van der Waals surface area contributed by atoms with Crippen LogP contribution in [0.15, 0.2) is 70.0 Å². The van der Waals surface area contributed by atoms with E-state index in [0.717, 1.165) is 40.5 Å². The summed E-state index contributed by atoms with van der Waals surface area (Å²) in [5, 5.41) is 8.55. The number of amides is 2. The number of unbranched alkanes of at least 4 members (excludes halogenated alkanes) is 3. The molecule has 0 spiro atoms. The summed E-state index contributed by atoms with van der Waals surface area (Å²) >= 11 is 3.50. The Kier molecular flexibility index (Phi) is 9.01. The highest BCUT2D eigenvalue weighted by Crippen LogP contribution is 2.32. The minimum atomic E-state index is -0.384. The lowest BCUT2D eigenvalue weighted by molar-refractivity contribution is -0.129. The van der Waals surface area contributed by atoms with Gasteiger partial charge >= 0.3 is 0 Å². The smallest absolute Gasteiger partial charge is 0.243 e. The minimum absolute atomic E-state index is 0.0186. The summed E-state index contributed by atoms with van der Waals surface area (Å²) < 4.78 is 6.46. The van der Waals surface area contributed by atoms with Gasteiger partial charge in [-0.15, -0.1) is 0 Å². The number of halogens is 1. The Hall–Kier alpha value is -2.97. The maximum absolute atomic E-state index is 13.3. The molecular weight excluding hydrogens is 474 g/mol. The van der Waals surface area contributed by atoms with Crippen LogP contribution in [0.3, 0.4) is 0 Å². The van der Waals surface area contributed by atoms with E-state index in [1.807, 2.05) is 48.5 Å². The lowest BCUT2D eigenvalue weighted by Crippen LogP contribution is -2.30. The van der Waals surface area contributed by atoms with Crippen LogP contribution in [-0.2, 0) is 16.1 Å². The van der Waals surface area contributed by atoms with Crippen LogP contribution < -0.4 is 10.4 Å². The number of hydrogen-bond acceptors (Lipinski definition) is 5. The van der Waals surface area contributed by atoms with Crippen molar-refractivity contribution in [2.45, 2.75) is 45.1 Å². The van der Waals surface area contributed by atoms with E-state index in [4.69, 9.17) is 9.62 Å². The van der Waals surface area contributed by atoms with Gasteiger partial charge in [-0.3, -0.25) is 14.8 Å². The number of nitrogens with zero attached hydrogens (tertiary/aromatic N) is 2. The molecule has 32 heavy (non-hydrogen) atoms. The van der Waals surface area contributed by atoms with Crippen molar-refractivity contribution in [3.05, 3.63) is 71.2 Å². The number of carbonyl (C=O) groups excluding carboxylic acids is 2. The standard InChI is InChI=1S/C24H26BrN3O4/c25-19-9-7-8-18(14-19)16-28(24(30)13-4-2-1-3-12-23(29)27-31)21-11-6-5-10-20(21)22-15-26-17-32-22/h5-11,14-15,17,31H,1-4,12-13,16H2,(H,27,29). The largest absolute Gasteiger partial charge is 0.443 e. The highest BCUT2D eigenvalue weighted by atomic mass is 79.9. The number of hydrogen-bond donors (Lipinski definition) is 2. The van der Waals surface area contributed by atoms with Crippen molar-refractivity contribution < 1.29 is 19.2 Å². The van der Waals surface area contributed by atoms with Crippen LogP contribution in [0.2, 0.25) is 0 Å². The van der Waals surface area contributed by atoms with Gasteiger partial charge in [-0.2, -0.15) is 0 Å². The zero-order chi connectivity index (χ0) is 22.8. The molecule has 0 aliphatic heterocycles. The van der Waals surface area contributed by atoms with E-state index < -0.39 is 0 Å². The number of carbonyl (C=O) groups is 2. The fourth-order valence-corrected chi connectivity index (χ4v) is 3.94. The number of anilines is 1. The van der Waals surface area contributed by atoms with Crippen LogP contribution in [0.25, 0.3) is 11.3 Å².